The van der Waals surface area contributed by atoms with Gasteiger partial charge in [-0.15, -0.1) is 0 Å². The molecule has 0 aromatic heterocycles. The summed E-state index contributed by atoms with van der Waals surface area (Å²) in [6.07, 6.45) is 1.26. The summed E-state index contributed by atoms with van der Waals surface area (Å²) in [4.78, 5) is 53.9. The second-order valence-corrected chi connectivity index (χ2v) is 9.75. The van der Waals surface area contributed by atoms with Gasteiger partial charge in [0.25, 0.3) is 0 Å². The van der Waals surface area contributed by atoms with E-state index in [0.29, 0.717) is 12.8 Å². The SMILES string of the molecule is CCOC(=O)[C@H](CCc1ccccc1)N[C@@H](C)C(=O)N1Cc2ccccc2C[C@H]1C(=O)OC(=O)c1ccccc1. The van der Waals surface area contributed by atoms with Crippen LogP contribution in [0.5, 0.6) is 0 Å². The van der Waals surface area contributed by atoms with Crippen LogP contribution in [-0.2, 0) is 43.2 Å². The van der Waals surface area contributed by atoms with Crippen LogP contribution in [0.2, 0.25) is 0 Å². The number of fused-ring (bicyclic) bond motifs is 1. The van der Waals surface area contributed by atoms with Crippen LogP contribution in [0.3, 0.4) is 0 Å². The number of carbonyl (C=O) groups excluding carboxylic acids is 4. The first-order chi connectivity index (χ1) is 19.4. The molecule has 0 saturated carbocycles. The zero-order valence-electron chi connectivity index (χ0n) is 22.7. The lowest BCUT2D eigenvalue weighted by Gasteiger charge is -2.37. The molecule has 1 aliphatic heterocycles. The maximum absolute atomic E-state index is 13.8. The lowest BCUT2D eigenvalue weighted by atomic mass is 9.93. The zero-order chi connectivity index (χ0) is 28.5. The number of nitrogens with one attached hydrogen (secondary N) is 1. The van der Waals surface area contributed by atoms with Gasteiger partial charge in [0.05, 0.1) is 18.2 Å². The number of ether oxygens (including phenoxy) is 2. The van der Waals surface area contributed by atoms with Crippen LogP contribution in [0.1, 0.15) is 47.3 Å². The van der Waals surface area contributed by atoms with E-state index in [4.69, 9.17) is 9.47 Å². The quantitative estimate of drug-likeness (QED) is 0.307. The van der Waals surface area contributed by atoms with E-state index in [1.54, 1.807) is 44.2 Å². The first-order valence-electron chi connectivity index (χ1n) is 13.5. The molecule has 0 bridgehead atoms. The molecule has 0 saturated heterocycles. The summed E-state index contributed by atoms with van der Waals surface area (Å²) in [5.74, 6) is -2.38. The number of hydrogen-bond donors (Lipinski definition) is 1. The summed E-state index contributed by atoms with van der Waals surface area (Å²) in [5, 5.41) is 3.13. The number of benzene rings is 3. The van der Waals surface area contributed by atoms with Crippen molar-refractivity contribution in [3.05, 3.63) is 107 Å². The Hall–Kier alpha value is -4.30. The van der Waals surface area contributed by atoms with Crippen molar-refractivity contribution in [2.45, 2.75) is 57.8 Å². The highest BCUT2D eigenvalue weighted by Gasteiger charge is 2.39. The van der Waals surface area contributed by atoms with E-state index in [0.717, 1.165) is 16.7 Å². The van der Waals surface area contributed by atoms with Gasteiger partial charge in [-0.05, 0) is 55.5 Å². The van der Waals surface area contributed by atoms with E-state index in [1.807, 2.05) is 54.6 Å². The summed E-state index contributed by atoms with van der Waals surface area (Å²) < 4.78 is 10.5. The average Bonchev–Trinajstić information content (AvgIpc) is 2.99. The Kier molecular flexibility index (Phi) is 9.81. The van der Waals surface area contributed by atoms with Gasteiger partial charge in [0.1, 0.15) is 12.1 Å². The number of esters is 3. The summed E-state index contributed by atoms with van der Waals surface area (Å²) in [6, 6.07) is 23.0. The molecule has 40 heavy (non-hydrogen) atoms. The van der Waals surface area contributed by atoms with Gasteiger partial charge in [-0.25, -0.2) is 9.59 Å². The third-order valence-corrected chi connectivity index (χ3v) is 6.96. The fourth-order valence-corrected chi connectivity index (χ4v) is 4.85. The van der Waals surface area contributed by atoms with Crippen LogP contribution < -0.4 is 5.32 Å². The smallest absolute Gasteiger partial charge is 0.345 e. The van der Waals surface area contributed by atoms with Gasteiger partial charge in [-0.1, -0.05) is 72.8 Å². The van der Waals surface area contributed by atoms with E-state index in [1.165, 1.54) is 4.90 Å². The van der Waals surface area contributed by atoms with E-state index in [2.05, 4.69) is 5.32 Å². The van der Waals surface area contributed by atoms with E-state index in [-0.39, 0.29) is 31.0 Å². The third kappa shape index (κ3) is 7.21. The molecule has 0 fully saturated rings. The molecule has 1 aliphatic rings. The largest absolute Gasteiger partial charge is 0.465 e. The van der Waals surface area contributed by atoms with E-state index < -0.39 is 36.0 Å². The molecular weight excluding hydrogens is 508 g/mol. The minimum absolute atomic E-state index is 0.175. The Morgan fingerprint density at radius 3 is 2.20 bits per heavy atom. The van der Waals surface area contributed by atoms with Gasteiger partial charge >= 0.3 is 17.9 Å². The Labute approximate surface area is 234 Å². The normalized spacial score (nSPS) is 15.8. The standard InChI is InChI=1S/C32H34N2O6/c1-3-39-31(37)27(19-18-23-12-6-4-7-13-23)33-22(2)29(35)34-21-26-17-11-10-16-25(26)20-28(34)32(38)40-30(36)24-14-8-5-9-15-24/h4-17,22,27-28,33H,3,18-21H2,1-2H3/t22-,27-,28-/m0/s1. The molecule has 3 aromatic carbocycles. The summed E-state index contributed by atoms with van der Waals surface area (Å²) in [5.41, 5.74) is 3.13. The minimum atomic E-state index is -0.996. The van der Waals surface area contributed by atoms with Crippen LogP contribution in [-0.4, -0.2) is 53.4 Å². The van der Waals surface area contributed by atoms with Crippen molar-refractivity contribution in [1.29, 1.82) is 0 Å². The maximum atomic E-state index is 13.8. The second-order valence-electron chi connectivity index (χ2n) is 9.75. The van der Waals surface area contributed by atoms with Gasteiger partial charge in [-0.3, -0.25) is 14.9 Å². The van der Waals surface area contributed by atoms with Crippen molar-refractivity contribution >= 4 is 23.8 Å². The third-order valence-electron chi connectivity index (χ3n) is 6.96. The highest BCUT2D eigenvalue weighted by atomic mass is 16.6. The molecule has 1 heterocycles. The summed E-state index contributed by atoms with van der Waals surface area (Å²) in [7, 11) is 0. The fourth-order valence-electron chi connectivity index (χ4n) is 4.85. The monoisotopic (exact) mass is 542 g/mol. The highest BCUT2D eigenvalue weighted by Crippen LogP contribution is 2.25. The number of aryl methyl sites for hydroxylation is 1. The number of nitrogens with zero attached hydrogens (tertiary/aromatic N) is 1. The molecule has 4 rings (SSSR count). The molecule has 0 unspecified atom stereocenters. The fraction of sp³-hybridized carbons (Fsp3) is 0.312. The molecule has 3 aromatic rings. The topological polar surface area (TPSA) is 102 Å². The van der Waals surface area contributed by atoms with Gasteiger partial charge < -0.3 is 14.4 Å². The van der Waals surface area contributed by atoms with Crippen LogP contribution in [0.25, 0.3) is 0 Å². The Bertz CT molecular complexity index is 1330. The van der Waals surface area contributed by atoms with Crippen molar-refractivity contribution in [2.75, 3.05) is 6.61 Å². The number of amides is 1. The number of rotatable bonds is 10. The predicted molar refractivity (Wildman–Crippen MR) is 149 cm³/mol. The maximum Gasteiger partial charge on any atom is 0.345 e. The number of hydrogen-bond acceptors (Lipinski definition) is 7. The Morgan fingerprint density at radius 2 is 1.52 bits per heavy atom. The van der Waals surface area contributed by atoms with Crippen LogP contribution in [0, 0.1) is 0 Å². The molecule has 1 N–H and O–H groups in total. The van der Waals surface area contributed by atoms with Crippen LogP contribution in [0.15, 0.2) is 84.9 Å². The number of carbonyl (C=O) groups is 4. The van der Waals surface area contributed by atoms with E-state index in [9.17, 15) is 19.2 Å². The lowest BCUT2D eigenvalue weighted by Crippen LogP contribution is -2.56. The van der Waals surface area contributed by atoms with Crippen molar-refractivity contribution in [3.63, 3.8) is 0 Å². The van der Waals surface area contributed by atoms with Crippen LogP contribution in [0.4, 0.5) is 0 Å². The summed E-state index contributed by atoms with van der Waals surface area (Å²) >= 11 is 0. The molecule has 0 spiro atoms. The summed E-state index contributed by atoms with van der Waals surface area (Å²) in [6.45, 7) is 3.79. The first-order valence-corrected chi connectivity index (χ1v) is 13.5. The van der Waals surface area contributed by atoms with Gasteiger partial charge in [0.15, 0.2) is 0 Å². The second kappa shape index (κ2) is 13.7. The molecule has 0 aliphatic carbocycles. The predicted octanol–water partition coefficient (Wildman–Crippen LogP) is 3.87. The first kappa shape index (κ1) is 28.7. The van der Waals surface area contributed by atoms with Crippen LogP contribution >= 0.6 is 0 Å². The zero-order valence-corrected chi connectivity index (χ0v) is 22.7. The molecule has 0 radical (unpaired) electrons. The van der Waals surface area contributed by atoms with Crippen molar-refractivity contribution < 1.29 is 28.7 Å². The van der Waals surface area contributed by atoms with Gasteiger partial charge in [0, 0.05) is 13.0 Å². The Balaban J connectivity index is 1.51. The molecule has 3 atom stereocenters. The lowest BCUT2D eigenvalue weighted by molar-refractivity contribution is -0.153. The van der Waals surface area contributed by atoms with Gasteiger partial charge in [-0.2, -0.15) is 0 Å². The molecule has 8 nitrogen and oxygen atoms in total. The van der Waals surface area contributed by atoms with Crippen molar-refractivity contribution in [3.8, 4) is 0 Å². The molecule has 1 amide bonds. The molecular formula is C32H34N2O6. The Morgan fingerprint density at radius 1 is 0.900 bits per heavy atom. The molecule has 8 heteroatoms. The minimum Gasteiger partial charge on any atom is -0.465 e. The molecule has 208 valence electrons. The average molecular weight is 543 g/mol. The highest BCUT2D eigenvalue weighted by molar-refractivity contribution is 5.99. The van der Waals surface area contributed by atoms with Crippen molar-refractivity contribution in [2.24, 2.45) is 0 Å². The van der Waals surface area contributed by atoms with Crippen molar-refractivity contribution in [1.82, 2.24) is 10.2 Å². The van der Waals surface area contributed by atoms with Gasteiger partial charge in [0.2, 0.25) is 5.91 Å². The van der Waals surface area contributed by atoms with E-state index >= 15 is 0 Å².